The Labute approximate surface area is 166 Å². The fourth-order valence-electron chi connectivity index (χ4n) is 3.82. The van der Waals surface area contributed by atoms with E-state index >= 15 is 0 Å². The number of ether oxygens (including phenoxy) is 2. The molecule has 1 aromatic heterocycles. The Bertz CT molecular complexity index is 924. The van der Waals surface area contributed by atoms with Crippen LogP contribution >= 0.6 is 0 Å². The number of anilines is 1. The predicted octanol–water partition coefficient (Wildman–Crippen LogP) is 4.04. The molecule has 1 aliphatic rings. The molecule has 2 heterocycles. The Hall–Kier alpha value is -2.63. The van der Waals surface area contributed by atoms with Gasteiger partial charge in [0.15, 0.2) is 0 Å². The number of fused-ring (bicyclic) bond motifs is 1. The summed E-state index contributed by atoms with van der Waals surface area (Å²) in [7, 11) is 1.68. The van der Waals surface area contributed by atoms with Crippen molar-refractivity contribution in [2.45, 2.75) is 13.0 Å². The molecule has 1 aliphatic heterocycles. The van der Waals surface area contributed by atoms with E-state index in [9.17, 15) is 0 Å². The quantitative estimate of drug-likeness (QED) is 0.703. The molecule has 0 bridgehead atoms. The second-order valence-electron chi connectivity index (χ2n) is 7.16. The summed E-state index contributed by atoms with van der Waals surface area (Å²) in [6, 6.07) is 19.1. The molecule has 0 spiro atoms. The standard InChI is InChI=1S/C23H27N3O2/c1-17-14-23(25-21-15-19(27-2)8-9-20(17)21)24-16-22(18-6-4-3-5-7-18)26-10-12-28-13-11-26/h3-9,14-15,22H,10-13,16H2,1-2H3,(H,24,25)/t22-/m1/s1. The highest BCUT2D eigenvalue weighted by Gasteiger charge is 2.22. The minimum Gasteiger partial charge on any atom is -0.497 e. The molecule has 1 fully saturated rings. The van der Waals surface area contributed by atoms with E-state index in [0.717, 1.165) is 55.3 Å². The lowest BCUT2D eigenvalue weighted by atomic mass is 10.0. The minimum absolute atomic E-state index is 0.285. The van der Waals surface area contributed by atoms with Gasteiger partial charge in [0.05, 0.1) is 31.9 Å². The summed E-state index contributed by atoms with van der Waals surface area (Å²) in [6.45, 7) is 6.39. The third-order valence-electron chi connectivity index (χ3n) is 5.37. The van der Waals surface area contributed by atoms with E-state index in [0.29, 0.717) is 0 Å². The van der Waals surface area contributed by atoms with E-state index in [1.54, 1.807) is 7.11 Å². The second-order valence-corrected chi connectivity index (χ2v) is 7.16. The maximum atomic E-state index is 5.55. The number of rotatable bonds is 6. The summed E-state index contributed by atoms with van der Waals surface area (Å²) in [5.41, 5.74) is 3.47. The van der Waals surface area contributed by atoms with Crippen molar-refractivity contribution in [2.24, 2.45) is 0 Å². The van der Waals surface area contributed by atoms with Gasteiger partial charge in [-0.1, -0.05) is 30.3 Å². The van der Waals surface area contributed by atoms with Gasteiger partial charge in [-0.25, -0.2) is 4.98 Å². The molecule has 5 heteroatoms. The van der Waals surface area contributed by atoms with E-state index in [-0.39, 0.29) is 6.04 Å². The molecule has 3 aromatic rings. The third-order valence-corrected chi connectivity index (χ3v) is 5.37. The summed E-state index contributed by atoms with van der Waals surface area (Å²) in [5.74, 6) is 1.72. The Kier molecular flexibility index (Phi) is 5.74. The van der Waals surface area contributed by atoms with Crippen molar-refractivity contribution in [2.75, 3.05) is 45.3 Å². The fraction of sp³-hybridized carbons (Fsp3) is 0.348. The van der Waals surface area contributed by atoms with Gasteiger partial charge < -0.3 is 14.8 Å². The first-order valence-electron chi connectivity index (χ1n) is 9.80. The average Bonchev–Trinajstić information content (AvgIpc) is 2.75. The molecule has 146 valence electrons. The van der Waals surface area contributed by atoms with Crippen molar-refractivity contribution in [3.63, 3.8) is 0 Å². The Morgan fingerprint density at radius 3 is 2.64 bits per heavy atom. The topological polar surface area (TPSA) is 46.6 Å². The molecule has 4 rings (SSSR count). The van der Waals surface area contributed by atoms with Crippen molar-refractivity contribution < 1.29 is 9.47 Å². The maximum absolute atomic E-state index is 5.55. The van der Waals surface area contributed by atoms with Crippen molar-refractivity contribution >= 4 is 16.7 Å². The number of aromatic nitrogens is 1. The van der Waals surface area contributed by atoms with E-state index in [1.165, 1.54) is 11.1 Å². The number of nitrogens with one attached hydrogen (secondary N) is 1. The highest BCUT2D eigenvalue weighted by atomic mass is 16.5. The Morgan fingerprint density at radius 1 is 1.11 bits per heavy atom. The Morgan fingerprint density at radius 2 is 1.89 bits per heavy atom. The number of pyridine rings is 1. The molecule has 1 saturated heterocycles. The molecule has 0 unspecified atom stereocenters. The van der Waals surface area contributed by atoms with Crippen molar-refractivity contribution in [1.29, 1.82) is 0 Å². The molecule has 0 radical (unpaired) electrons. The monoisotopic (exact) mass is 377 g/mol. The predicted molar refractivity (Wildman–Crippen MR) is 113 cm³/mol. The van der Waals surface area contributed by atoms with Gasteiger partial charge in [-0.2, -0.15) is 0 Å². The molecule has 0 saturated carbocycles. The van der Waals surface area contributed by atoms with Gasteiger partial charge in [-0.3, -0.25) is 4.90 Å². The first-order valence-corrected chi connectivity index (χ1v) is 9.80. The number of aryl methyl sites for hydroxylation is 1. The number of hydrogen-bond acceptors (Lipinski definition) is 5. The van der Waals surface area contributed by atoms with E-state index in [1.807, 2.05) is 12.1 Å². The lowest BCUT2D eigenvalue weighted by molar-refractivity contribution is 0.0187. The smallest absolute Gasteiger partial charge is 0.126 e. The number of hydrogen-bond donors (Lipinski definition) is 1. The lowest BCUT2D eigenvalue weighted by Crippen LogP contribution is -2.41. The highest BCUT2D eigenvalue weighted by Crippen LogP contribution is 2.26. The molecule has 1 N–H and O–H groups in total. The van der Waals surface area contributed by atoms with Gasteiger partial charge in [0, 0.05) is 31.1 Å². The van der Waals surface area contributed by atoms with Crippen LogP contribution in [-0.2, 0) is 4.74 Å². The number of nitrogens with zero attached hydrogens (tertiary/aromatic N) is 2. The van der Waals surface area contributed by atoms with Crippen LogP contribution in [-0.4, -0.2) is 49.8 Å². The summed E-state index contributed by atoms with van der Waals surface area (Å²) < 4.78 is 10.9. The second kappa shape index (κ2) is 8.59. The van der Waals surface area contributed by atoms with Gasteiger partial charge in [0.2, 0.25) is 0 Å². The molecule has 2 aromatic carbocycles. The van der Waals surface area contributed by atoms with Crippen LogP contribution in [0.25, 0.3) is 10.9 Å². The number of methoxy groups -OCH3 is 1. The molecule has 5 nitrogen and oxygen atoms in total. The zero-order valence-electron chi connectivity index (χ0n) is 16.5. The van der Waals surface area contributed by atoms with Gasteiger partial charge in [-0.15, -0.1) is 0 Å². The molecule has 0 aliphatic carbocycles. The van der Waals surface area contributed by atoms with Gasteiger partial charge >= 0.3 is 0 Å². The lowest BCUT2D eigenvalue weighted by Gasteiger charge is -2.35. The van der Waals surface area contributed by atoms with Crippen LogP contribution in [0.4, 0.5) is 5.82 Å². The average molecular weight is 377 g/mol. The minimum atomic E-state index is 0.285. The van der Waals surface area contributed by atoms with E-state index < -0.39 is 0 Å². The van der Waals surface area contributed by atoms with Crippen LogP contribution in [0.1, 0.15) is 17.2 Å². The largest absolute Gasteiger partial charge is 0.497 e. The van der Waals surface area contributed by atoms with Crippen molar-refractivity contribution in [3.05, 3.63) is 65.7 Å². The van der Waals surface area contributed by atoms with Crippen LogP contribution in [0.3, 0.4) is 0 Å². The van der Waals surface area contributed by atoms with Gasteiger partial charge in [0.1, 0.15) is 11.6 Å². The molecule has 28 heavy (non-hydrogen) atoms. The molecule has 1 atom stereocenters. The number of morpholine rings is 1. The first kappa shape index (κ1) is 18.7. The van der Waals surface area contributed by atoms with Crippen LogP contribution in [0.2, 0.25) is 0 Å². The van der Waals surface area contributed by atoms with Crippen molar-refractivity contribution in [3.8, 4) is 5.75 Å². The SMILES string of the molecule is COc1ccc2c(C)cc(NC[C@H](c3ccccc3)N3CCOCC3)nc2c1. The van der Waals surface area contributed by atoms with Crippen LogP contribution < -0.4 is 10.1 Å². The summed E-state index contributed by atoms with van der Waals surface area (Å²) >= 11 is 0. The zero-order valence-corrected chi connectivity index (χ0v) is 16.5. The molecular formula is C23H27N3O2. The normalized spacial score (nSPS) is 16.1. The van der Waals surface area contributed by atoms with Gasteiger partial charge in [-0.05, 0) is 36.2 Å². The first-order chi connectivity index (χ1) is 13.7. The van der Waals surface area contributed by atoms with Crippen LogP contribution in [0.5, 0.6) is 5.75 Å². The molecular weight excluding hydrogens is 350 g/mol. The number of benzene rings is 2. The fourth-order valence-corrected chi connectivity index (χ4v) is 3.82. The maximum Gasteiger partial charge on any atom is 0.126 e. The third kappa shape index (κ3) is 4.11. The Balaban J connectivity index is 1.58. The summed E-state index contributed by atoms with van der Waals surface area (Å²) in [6.07, 6.45) is 0. The molecule has 0 amide bonds. The van der Waals surface area contributed by atoms with Crippen LogP contribution in [0.15, 0.2) is 54.6 Å². The summed E-state index contributed by atoms with van der Waals surface area (Å²) in [4.78, 5) is 7.31. The van der Waals surface area contributed by atoms with E-state index in [2.05, 4.69) is 59.6 Å². The van der Waals surface area contributed by atoms with Gasteiger partial charge in [0.25, 0.3) is 0 Å². The zero-order chi connectivity index (χ0) is 19.3. The highest BCUT2D eigenvalue weighted by molar-refractivity contribution is 5.85. The van der Waals surface area contributed by atoms with Crippen molar-refractivity contribution in [1.82, 2.24) is 9.88 Å². The van der Waals surface area contributed by atoms with E-state index in [4.69, 9.17) is 14.5 Å². The van der Waals surface area contributed by atoms with Crippen LogP contribution in [0, 0.1) is 6.92 Å². The summed E-state index contributed by atoms with van der Waals surface area (Å²) in [5, 5.41) is 4.73.